The minimum Gasteiger partial charge on any atom is -0.367 e. The van der Waals surface area contributed by atoms with Gasteiger partial charge in [0.25, 0.3) is 0 Å². The smallest absolute Gasteiger partial charge is 0.123 e. The molecule has 1 aliphatic rings. The Kier molecular flexibility index (Phi) is 4.87. The first-order valence-corrected chi connectivity index (χ1v) is 9.68. The number of rotatable bonds is 4. The standard InChI is InChI=1S/C23H25FN2/c1-2-26(20-9-4-3-5-10-20)22-16-18-8-6-7-11-21(18)25-23(22)17-12-14-19(24)15-13-17/h6-8,11-16,20H,2-5,9-10H2,1H3. The molecule has 1 fully saturated rings. The van der Waals surface area contributed by atoms with Gasteiger partial charge in [-0.2, -0.15) is 0 Å². The summed E-state index contributed by atoms with van der Waals surface area (Å²) in [6.07, 6.45) is 6.42. The first-order chi connectivity index (χ1) is 12.8. The van der Waals surface area contributed by atoms with E-state index in [9.17, 15) is 4.39 Å². The van der Waals surface area contributed by atoms with E-state index in [4.69, 9.17) is 4.98 Å². The monoisotopic (exact) mass is 348 g/mol. The van der Waals surface area contributed by atoms with Gasteiger partial charge in [-0.3, -0.25) is 0 Å². The fourth-order valence-corrected chi connectivity index (χ4v) is 4.16. The van der Waals surface area contributed by atoms with Gasteiger partial charge in [-0.25, -0.2) is 9.37 Å². The molecule has 0 aliphatic heterocycles. The third kappa shape index (κ3) is 3.31. The molecule has 0 radical (unpaired) electrons. The molecule has 1 aromatic heterocycles. The summed E-state index contributed by atoms with van der Waals surface area (Å²) in [5.74, 6) is -0.212. The Morgan fingerprint density at radius 1 is 1.00 bits per heavy atom. The van der Waals surface area contributed by atoms with Gasteiger partial charge in [0.2, 0.25) is 0 Å². The molecule has 0 unspecified atom stereocenters. The molecule has 2 aromatic carbocycles. The molecule has 3 heteroatoms. The molecule has 2 nitrogen and oxygen atoms in total. The highest BCUT2D eigenvalue weighted by molar-refractivity contribution is 5.89. The summed E-state index contributed by atoms with van der Waals surface area (Å²) in [6, 6.07) is 17.8. The molecule has 0 bridgehead atoms. The maximum atomic E-state index is 13.4. The van der Waals surface area contributed by atoms with E-state index in [1.54, 1.807) is 0 Å². The number of anilines is 1. The molecule has 4 rings (SSSR count). The van der Waals surface area contributed by atoms with E-state index in [0.29, 0.717) is 6.04 Å². The number of halogens is 1. The van der Waals surface area contributed by atoms with Crippen LogP contribution in [0.3, 0.4) is 0 Å². The summed E-state index contributed by atoms with van der Waals surface area (Å²) in [7, 11) is 0. The van der Waals surface area contributed by atoms with Gasteiger partial charge < -0.3 is 4.90 Å². The molecule has 0 atom stereocenters. The Balaban J connectivity index is 1.87. The number of hydrogen-bond acceptors (Lipinski definition) is 2. The lowest BCUT2D eigenvalue weighted by atomic mass is 9.93. The third-order valence-electron chi connectivity index (χ3n) is 5.49. The van der Waals surface area contributed by atoms with Crippen LogP contribution in [0.1, 0.15) is 39.0 Å². The molecule has 1 heterocycles. The van der Waals surface area contributed by atoms with Gasteiger partial charge in [0.05, 0.1) is 16.9 Å². The first kappa shape index (κ1) is 17.0. The van der Waals surface area contributed by atoms with E-state index < -0.39 is 0 Å². The summed E-state index contributed by atoms with van der Waals surface area (Å²) >= 11 is 0. The Hall–Kier alpha value is -2.42. The molecular formula is C23H25FN2. The number of para-hydroxylation sites is 1. The van der Waals surface area contributed by atoms with Gasteiger partial charge in [-0.05, 0) is 56.2 Å². The fourth-order valence-electron chi connectivity index (χ4n) is 4.16. The average Bonchev–Trinajstić information content (AvgIpc) is 2.69. The largest absolute Gasteiger partial charge is 0.367 e. The van der Waals surface area contributed by atoms with Crippen LogP contribution in [0.2, 0.25) is 0 Å². The van der Waals surface area contributed by atoms with Crippen molar-refractivity contribution in [3.8, 4) is 11.3 Å². The summed E-state index contributed by atoms with van der Waals surface area (Å²) < 4.78 is 13.4. The Bertz CT molecular complexity index is 882. The predicted octanol–water partition coefficient (Wildman–Crippen LogP) is 6.20. The summed E-state index contributed by atoms with van der Waals surface area (Å²) in [6.45, 7) is 3.18. The second-order valence-electron chi connectivity index (χ2n) is 7.13. The van der Waals surface area contributed by atoms with Crippen LogP contribution >= 0.6 is 0 Å². The van der Waals surface area contributed by atoms with E-state index in [-0.39, 0.29) is 5.82 Å². The van der Waals surface area contributed by atoms with Gasteiger partial charge in [-0.15, -0.1) is 0 Å². The molecule has 0 N–H and O–H groups in total. The summed E-state index contributed by atoms with van der Waals surface area (Å²) in [5.41, 5.74) is 4.08. The van der Waals surface area contributed by atoms with Crippen LogP contribution < -0.4 is 4.90 Å². The van der Waals surface area contributed by atoms with Gasteiger partial charge >= 0.3 is 0 Å². The lowest BCUT2D eigenvalue weighted by molar-refractivity contribution is 0.418. The van der Waals surface area contributed by atoms with Gasteiger partial charge in [-0.1, -0.05) is 37.5 Å². The van der Waals surface area contributed by atoms with Crippen molar-refractivity contribution >= 4 is 16.6 Å². The Morgan fingerprint density at radius 3 is 2.46 bits per heavy atom. The van der Waals surface area contributed by atoms with Gasteiger partial charge in [0.15, 0.2) is 0 Å². The van der Waals surface area contributed by atoms with Gasteiger partial charge in [0, 0.05) is 23.5 Å². The molecule has 0 spiro atoms. The molecule has 26 heavy (non-hydrogen) atoms. The van der Waals surface area contributed by atoms with Crippen molar-refractivity contribution in [1.82, 2.24) is 4.98 Å². The molecular weight excluding hydrogens is 323 g/mol. The quantitative estimate of drug-likeness (QED) is 0.558. The van der Waals surface area contributed by atoms with Crippen LogP contribution in [0, 0.1) is 5.82 Å². The van der Waals surface area contributed by atoms with Crippen LogP contribution in [0.4, 0.5) is 10.1 Å². The maximum absolute atomic E-state index is 13.4. The van der Waals surface area contributed by atoms with Crippen molar-refractivity contribution in [2.75, 3.05) is 11.4 Å². The topological polar surface area (TPSA) is 16.1 Å². The van der Waals surface area contributed by atoms with Crippen molar-refractivity contribution < 1.29 is 4.39 Å². The maximum Gasteiger partial charge on any atom is 0.123 e. The van der Waals surface area contributed by atoms with Crippen molar-refractivity contribution in [2.24, 2.45) is 0 Å². The van der Waals surface area contributed by atoms with Crippen molar-refractivity contribution in [3.63, 3.8) is 0 Å². The predicted molar refractivity (Wildman–Crippen MR) is 107 cm³/mol. The van der Waals surface area contributed by atoms with E-state index in [0.717, 1.165) is 28.7 Å². The second-order valence-corrected chi connectivity index (χ2v) is 7.13. The Labute approximate surface area is 154 Å². The molecule has 1 saturated carbocycles. The lowest BCUT2D eigenvalue weighted by Crippen LogP contribution is -2.37. The number of nitrogens with zero attached hydrogens (tertiary/aromatic N) is 2. The second kappa shape index (κ2) is 7.45. The van der Waals surface area contributed by atoms with Gasteiger partial charge in [0.1, 0.15) is 5.82 Å². The van der Waals surface area contributed by atoms with Crippen LogP contribution in [0.15, 0.2) is 54.6 Å². The van der Waals surface area contributed by atoms with Crippen molar-refractivity contribution in [3.05, 3.63) is 60.4 Å². The minimum absolute atomic E-state index is 0.212. The van der Waals surface area contributed by atoms with Crippen LogP contribution in [-0.4, -0.2) is 17.6 Å². The highest BCUT2D eigenvalue weighted by atomic mass is 19.1. The highest BCUT2D eigenvalue weighted by Crippen LogP contribution is 2.36. The highest BCUT2D eigenvalue weighted by Gasteiger charge is 2.23. The molecule has 0 saturated heterocycles. The van der Waals surface area contributed by atoms with Crippen LogP contribution in [0.25, 0.3) is 22.2 Å². The van der Waals surface area contributed by atoms with E-state index in [1.165, 1.54) is 49.9 Å². The zero-order valence-electron chi connectivity index (χ0n) is 15.3. The summed E-state index contributed by atoms with van der Waals surface area (Å²) in [5, 5.41) is 1.16. The van der Waals surface area contributed by atoms with E-state index in [2.05, 4.69) is 30.0 Å². The Morgan fingerprint density at radius 2 is 1.73 bits per heavy atom. The molecule has 134 valence electrons. The molecule has 1 aliphatic carbocycles. The van der Waals surface area contributed by atoms with E-state index >= 15 is 0 Å². The minimum atomic E-state index is -0.212. The van der Waals surface area contributed by atoms with E-state index in [1.807, 2.05) is 24.3 Å². The average molecular weight is 348 g/mol. The summed E-state index contributed by atoms with van der Waals surface area (Å²) in [4.78, 5) is 7.49. The molecule has 3 aromatic rings. The molecule has 0 amide bonds. The van der Waals surface area contributed by atoms with Crippen molar-refractivity contribution in [1.29, 1.82) is 0 Å². The first-order valence-electron chi connectivity index (χ1n) is 9.68. The number of fused-ring (bicyclic) bond motifs is 1. The fraction of sp³-hybridized carbons (Fsp3) is 0.348. The zero-order chi connectivity index (χ0) is 17.9. The third-order valence-corrected chi connectivity index (χ3v) is 5.49. The number of benzene rings is 2. The van der Waals surface area contributed by atoms with Crippen LogP contribution in [0.5, 0.6) is 0 Å². The lowest BCUT2D eigenvalue weighted by Gasteiger charge is -2.36. The normalized spacial score (nSPS) is 15.3. The SMILES string of the molecule is CCN(c1cc2ccccc2nc1-c1ccc(F)cc1)C1CCCCC1. The van der Waals surface area contributed by atoms with Crippen LogP contribution in [-0.2, 0) is 0 Å². The number of aromatic nitrogens is 1. The number of pyridine rings is 1. The van der Waals surface area contributed by atoms with Crippen molar-refractivity contribution in [2.45, 2.75) is 45.1 Å². The number of hydrogen-bond donors (Lipinski definition) is 0. The zero-order valence-corrected chi connectivity index (χ0v) is 15.3.